The second-order valence-electron chi connectivity index (χ2n) is 7.02. The molecule has 0 saturated heterocycles. The zero-order valence-electron chi connectivity index (χ0n) is 14.8. The van der Waals surface area contributed by atoms with E-state index >= 15 is 0 Å². The fraction of sp³-hybridized carbons (Fsp3) is 0.368. The van der Waals surface area contributed by atoms with E-state index < -0.39 is 27.1 Å². The van der Waals surface area contributed by atoms with Crippen molar-refractivity contribution in [3.63, 3.8) is 0 Å². The van der Waals surface area contributed by atoms with Gasteiger partial charge < -0.3 is 4.74 Å². The van der Waals surface area contributed by atoms with E-state index in [9.17, 15) is 29.8 Å². The van der Waals surface area contributed by atoms with Crippen molar-refractivity contribution in [1.29, 1.82) is 0 Å². The van der Waals surface area contributed by atoms with E-state index in [1.165, 1.54) is 12.1 Å². The highest BCUT2D eigenvalue weighted by atomic mass is 16.6. The Balaban J connectivity index is 1.97. The van der Waals surface area contributed by atoms with Gasteiger partial charge in [0.25, 0.3) is 11.4 Å². The predicted octanol–water partition coefficient (Wildman–Crippen LogP) is 3.63. The Kier molecular flexibility index (Phi) is 4.29. The number of ether oxygens (including phenoxy) is 1. The molecule has 1 aromatic rings. The summed E-state index contributed by atoms with van der Waals surface area (Å²) in [6, 6.07) is 3.33. The van der Waals surface area contributed by atoms with Gasteiger partial charge in [-0.15, -0.1) is 0 Å². The summed E-state index contributed by atoms with van der Waals surface area (Å²) in [5.41, 5.74) is -0.230. The molecule has 0 radical (unpaired) electrons. The van der Waals surface area contributed by atoms with Crippen LogP contribution in [0.25, 0.3) is 0 Å². The summed E-state index contributed by atoms with van der Waals surface area (Å²) in [5, 5.41) is 22.7. The number of Topliss-reactive ketones (excluding diaryl/α,β-unsaturated/α-hetero) is 2. The maximum Gasteiger partial charge on any atom is 0.280 e. The number of hydrogen-bond acceptors (Lipinski definition) is 7. The van der Waals surface area contributed by atoms with E-state index in [2.05, 4.69) is 0 Å². The lowest BCUT2D eigenvalue weighted by molar-refractivity contribution is -0.394. The molecule has 1 aromatic carbocycles. The zero-order valence-corrected chi connectivity index (χ0v) is 14.8. The largest absolute Gasteiger partial charge is 0.465 e. The summed E-state index contributed by atoms with van der Waals surface area (Å²) in [5.74, 6) is -0.405. The standard InChI is InChI=1S/C19H16N2O7/c22-13-3-1-5-15-18(13)17(19-14(23)4-2-6-16(19)28-15)11-8-7-10(20(24)25)9-12(11)21(26)27/h7-9,17H,1-6H2. The number of allylic oxidation sites excluding steroid dienone is 4. The van der Waals surface area contributed by atoms with Crippen LogP contribution in [0.5, 0.6) is 0 Å². The van der Waals surface area contributed by atoms with Crippen molar-refractivity contribution in [2.75, 3.05) is 0 Å². The molecule has 0 aromatic heterocycles. The summed E-state index contributed by atoms with van der Waals surface area (Å²) in [7, 11) is 0. The Morgan fingerprint density at radius 3 is 1.93 bits per heavy atom. The smallest absolute Gasteiger partial charge is 0.280 e. The number of hydrogen-bond donors (Lipinski definition) is 0. The third kappa shape index (κ3) is 2.79. The lowest BCUT2D eigenvalue weighted by atomic mass is 9.72. The van der Waals surface area contributed by atoms with Gasteiger partial charge in [-0.05, 0) is 18.9 Å². The third-order valence-electron chi connectivity index (χ3n) is 5.37. The summed E-state index contributed by atoms with van der Waals surface area (Å²) in [6.45, 7) is 0. The normalized spacial score (nSPS) is 19.9. The minimum absolute atomic E-state index is 0.115. The van der Waals surface area contributed by atoms with Gasteiger partial charge in [0.2, 0.25) is 0 Å². The van der Waals surface area contributed by atoms with Gasteiger partial charge in [0.1, 0.15) is 11.5 Å². The Hall–Kier alpha value is -3.36. The second kappa shape index (κ2) is 6.66. The summed E-state index contributed by atoms with van der Waals surface area (Å²) >= 11 is 0. The SMILES string of the molecule is O=C1CCCC2=C1C(c1ccc([N+](=O)[O-])cc1[N+](=O)[O-])C1=C(CCCC1=O)O2. The first kappa shape index (κ1) is 18.0. The van der Waals surface area contributed by atoms with Gasteiger partial charge in [-0.3, -0.25) is 29.8 Å². The lowest BCUT2D eigenvalue weighted by Crippen LogP contribution is -2.30. The molecule has 3 aliphatic rings. The highest BCUT2D eigenvalue weighted by Crippen LogP contribution is 2.49. The maximum absolute atomic E-state index is 12.7. The molecule has 0 unspecified atom stereocenters. The van der Waals surface area contributed by atoms with Gasteiger partial charge in [0.05, 0.1) is 21.8 Å². The number of benzene rings is 1. The van der Waals surface area contributed by atoms with Crippen molar-refractivity contribution in [2.24, 2.45) is 0 Å². The predicted molar refractivity (Wildman–Crippen MR) is 95.3 cm³/mol. The van der Waals surface area contributed by atoms with E-state index in [4.69, 9.17) is 4.74 Å². The van der Waals surface area contributed by atoms with Crippen LogP contribution in [0, 0.1) is 20.2 Å². The van der Waals surface area contributed by atoms with Crippen molar-refractivity contribution in [3.05, 3.63) is 66.7 Å². The van der Waals surface area contributed by atoms with Crippen LogP contribution in [0.3, 0.4) is 0 Å². The molecule has 0 saturated carbocycles. The van der Waals surface area contributed by atoms with Crippen LogP contribution in [0.15, 0.2) is 40.9 Å². The van der Waals surface area contributed by atoms with Crippen molar-refractivity contribution in [3.8, 4) is 0 Å². The van der Waals surface area contributed by atoms with E-state index in [0.717, 1.165) is 6.07 Å². The average Bonchev–Trinajstić information content (AvgIpc) is 2.66. The average molecular weight is 384 g/mol. The van der Waals surface area contributed by atoms with Crippen molar-refractivity contribution >= 4 is 22.9 Å². The summed E-state index contributed by atoms with van der Waals surface area (Å²) < 4.78 is 5.89. The zero-order chi connectivity index (χ0) is 20.0. The first-order chi connectivity index (χ1) is 13.4. The van der Waals surface area contributed by atoms with Gasteiger partial charge in [-0.2, -0.15) is 0 Å². The number of carbonyl (C=O) groups excluding carboxylic acids is 2. The number of nitrogens with zero attached hydrogens (tertiary/aromatic N) is 2. The summed E-state index contributed by atoms with van der Waals surface area (Å²) in [4.78, 5) is 46.7. The highest BCUT2D eigenvalue weighted by molar-refractivity contribution is 6.06. The van der Waals surface area contributed by atoms with Crippen molar-refractivity contribution in [2.45, 2.75) is 44.4 Å². The number of non-ortho nitro benzene ring substituents is 1. The Morgan fingerprint density at radius 1 is 0.857 bits per heavy atom. The van der Waals surface area contributed by atoms with Crippen LogP contribution >= 0.6 is 0 Å². The molecule has 9 heteroatoms. The van der Waals surface area contributed by atoms with Gasteiger partial charge in [0.15, 0.2) is 11.6 Å². The minimum Gasteiger partial charge on any atom is -0.465 e. The van der Waals surface area contributed by atoms with Crippen LogP contribution in [0.2, 0.25) is 0 Å². The first-order valence-corrected chi connectivity index (χ1v) is 9.01. The van der Waals surface area contributed by atoms with Crippen molar-refractivity contribution in [1.82, 2.24) is 0 Å². The topological polar surface area (TPSA) is 130 Å². The third-order valence-corrected chi connectivity index (χ3v) is 5.37. The molecule has 4 rings (SSSR count). The lowest BCUT2D eigenvalue weighted by Gasteiger charge is -2.35. The Morgan fingerprint density at radius 2 is 1.43 bits per heavy atom. The van der Waals surface area contributed by atoms with Crippen LogP contribution in [-0.2, 0) is 14.3 Å². The van der Waals surface area contributed by atoms with Gasteiger partial charge in [0, 0.05) is 48.5 Å². The van der Waals surface area contributed by atoms with Crippen LogP contribution in [0.1, 0.15) is 50.0 Å². The molecular weight excluding hydrogens is 368 g/mol. The summed E-state index contributed by atoms with van der Waals surface area (Å²) in [6.07, 6.45) is 2.81. The first-order valence-electron chi connectivity index (χ1n) is 9.01. The monoisotopic (exact) mass is 384 g/mol. The minimum atomic E-state index is -0.916. The quantitative estimate of drug-likeness (QED) is 0.574. The molecule has 1 heterocycles. The second-order valence-corrected chi connectivity index (χ2v) is 7.02. The molecule has 28 heavy (non-hydrogen) atoms. The number of rotatable bonds is 3. The molecule has 0 spiro atoms. The highest BCUT2D eigenvalue weighted by Gasteiger charge is 2.44. The van der Waals surface area contributed by atoms with Crippen LogP contribution < -0.4 is 0 Å². The molecule has 1 aliphatic heterocycles. The maximum atomic E-state index is 12.7. The van der Waals surface area contributed by atoms with Crippen molar-refractivity contribution < 1.29 is 24.2 Å². The fourth-order valence-electron chi connectivity index (χ4n) is 4.18. The Labute approximate surface area is 159 Å². The number of nitro benzene ring substituents is 2. The van der Waals surface area contributed by atoms with E-state index in [-0.39, 0.29) is 41.1 Å². The van der Waals surface area contributed by atoms with E-state index in [1.807, 2.05) is 0 Å². The van der Waals surface area contributed by atoms with Gasteiger partial charge in [-0.25, -0.2) is 0 Å². The van der Waals surface area contributed by atoms with E-state index in [0.29, 0.717) is 37.2 Å². The molecular formula is C19H16N2O7. The molecule has 2 aliphatic carbocycles. The molecule has 144 valence electrons. The molecule has 0 bridgehead atoms. The fourth-order valence-corrected chi connectivity index (χ4v) is 4.18. The van der Waals surface area contributed by atoms with E-state index in [1.54, 1.807) is 0 Å². The van der Waals surface area contributed by atoms with Crippen LogP contribution in [-0.4, -0.2) is 21.4 Å². The van der Waals surface area contributed by atoms with Gasteiger partial charge >= 0.3 is 0 Å². The molecule has 0 amide bonds. The molecule has 9 nitrogen and oxygen atoms in total. The molecule has 0 N–H and O–H groups in total. The Bertz CT molecular complexity index is 964. The molecule has 0 atom stereocenters. The van der Waals surface area contributed by atoms with Crippen LogP contribution in [0.4, 0.5) is 11.4 Å². The van der Waals surface area contributed by atoms with Gasteiger partial charge in [-0.1, -0.05) is 0 Å². The molecule has 0 fully saturated rings. The number of nitro groups is 2. The number of ketones is 2. The number of carbonyl (C=O) groups is 2.